The van der Waals surface area contributed by atoms with Gasteiger partial charge in [0.25, 0.3) is 0 Å². The molecule has 2 aliphatic heterocycles. The minimum absolute atomic E-state index is 0.203. The van der Waals surface area contributed by atoms with E-state index in [1.54, 1.807) is 0 Å². The molecule has 2 aliphatic rings. The van der Waals surface area contributed by atoms with E-state index in [-0.39, 0.29) is 10.9 Å². The average Bonchev–Trinajstić information content (AvgIpc) is 2.99. The molecule has 3 heterocycles. The van der Waals surface area contributed by atoms with Crippen molar-refractivity contribution in [3.05, 3.63) is 23.5 Å². The molecule has 0 aromatic carbocycles. The molecule has 0 bridgehead atoms. The van der Waals surface area contributed by atoms with E-state index in [9.17, 15) is 8.42 Å². The molecular formula is C13H18ClN3O3S. The Balaban J connectivity index is 1.71. The van der Waals surface area contributed by atoms with Crippen LogP contribution in [0, 0.1) is 0 Å². The van der Waals surface area contributed by atoms with Gasteiger partial charge in [0.1, 0.15) is 10.0 Å². The van der Waals surface area contributed by atoms with Crippen LogP contribution in [0.1, 0.15) is 6.42 Å². The van der Waals surface area contributed by atoms with E-state index in [2.05, 4.69) is 9.88 Å². The van der Waals surface area contributed by atoms with Gasteiger partial charge in [0.05, 0.1) is 13.2 Å². The summed E-state index contributed by atoms with van der Waals surface area (Å²) in [5.74, 6) is 0. The third kappa shape index (κ3) is 3.22. The molecule has 6 nitrogen and oxygen atoms in total. The Bertz CT molecular complexity index is 587. The predicted octanol–water partition coefficient (Wildman–Crippen LogP) is 0.830. The lowest BCUT2D eigenvalue weighted by Crippen LogP contribution is -2.45. The maximum absolute atomic E-state index is 12.6. The largest absolute Gasteiger partial charge is 0.379 e. The van der Waals surface area contributed by atoms with Crippen LogP contribution in [0.4, 0.5) is 0 Å². The SMILES string of the molecule is O=S(=O)(c1ccc(Cl)nc1)N1CCC(N2CCOCC2)C1. The number of hydrogen-bond donors (Lipinski definition) is 0. The van der Waals surface area contributed by atoms with Gasteiger partial charge in [-0.25, -0.2) is 13.4 Å². The molecule has 3 rings (SSSR count). The fourth-order valence-corrected chi connectivity index (χ4v) is 4.38. The molecule has 1 atom stereocenters. The summed E-state index contributed by atoms with van der Waals surface area (Å²) in [6.45, 7) is 4.29. The summed E-state index contributed by atoms with van der Waals surface area (Å²) in [7, 11) is -3.47. The molecule has 0 radical (unpaired) electrons. The van der Waals surface area contributed by atoms with E-state index < -0.39 is 10.0 Å². The molecule has 116 valence electrons. The fourth-order valence-electron chi connectivity index (χ4n) is 2.83. The van der Waals surface area contributed by atoms with Gasteiger partial charge in [0.15, 0.2) is 0 Å². The van der Waals surface area contributed by atoms with Crippen molar-refractivity contribution in [3.8, 4) is 0 Å². The van der Waals surface area contributed by atoms with Crippen molar-refractivity contribution in [2.75, 3.05) is 39.4 Å². The number of aromatic nitrogens is 1. The molecule has 0 amide bonds. The molecule has 0 spiro atoms. The van der Waals surface area contributed by atoms with E-state index in [0.717, 1.165) is 32.7 Å². The topological polar surface area (TPSA) is 62.7 Å². The van der Waals surface area contributed by atoms with E-state index in [1.807, 2.05) is 0 Å². The van der Waals surface area contributed by atoms with Gasteiger partial charge in [-0.1, -0.05) is 11.6 Å². The third-order valence-corrected chi connectivity index (χ3v) is 6.10. The summed E-state index contributed by atoms with van der Waals surface area (Å²) < 4.78 is 32.0. The second-order valence-corrected chi connectivity index (χ2v) is 7.60. The Kier molecular flexibility index (Phi) is 4.46. The second-order valence-electron chi connectivity index (χ2n) is 5.27. The number of rotatable bonds is 3. The Morgan fingerprint density at radius 3 is 2.67 bits per heavy atom. The number of nitrogens with zero attached hydrogens (tertiary/aromatic N) is 3. The van der Waals surface area contributed by atoms with Crippen molar-refractivity contribution < 1.29 is 13.2 Å². The quantitative estimate of drug-likeness (QED) is 0.768. The molecule has 2 saturated heterocycles. The van der Waals surface area contributed by atoms with Crippen molar-refractivity contribution in [2.24, 2.45) is 0 Å². The third-order valence-electron chi connectivity index (χ3n) is 4.03. The Morgan fingerprint density at radius 1 is 1.24 bits per heavy atom. The van der Waals surface area contributed by atoms with Crippen LogP contribution in [-0.2, 0) is 14.8 Å². The number of pyridine rings is 1. The molecule has 0 aliphatic carbocycles. The van der Waals surface area contributed by atoms with Gasteiger partial charge in [-0.2, -0.15) is 4.31 Å². The number of sulfonamides is 1. The van der Waals surface area contributed by atoms with Crippen LogP contribution in [0.3, 0.4) is 0 Å². The standard InChI is InChI=1S/C13H18ClN3O3S/c14-13-2-1-12(9-15-13)21(18,19)17-4-3-11(10-17)16-5-7-20-8-6-16/h1-2,9,11H,3-8,10H2. The predicted molar refractivity (Wildman–Crippen MR) is 78.8 cm³/mol. The molecule has 1 unspecified atom stereocenters. The maximum Gasteiger partial charge on any atom is 0.244 e. The maximum atomic E-state index is 12.6. The molecule has 21 heavy (non-hydrogen) atoms. The Hall–Kier alpha value is -0.730. The lowest BCUT2D eigenvalue weighted by molar-refractivity contribution is 0.0197. The van der Waals surface area contributed by atoms with Crippen LogP contribution in [0.2, 0.25) is 5.15 Å². The average molecular weight is 332 g/mol. The van der Waals surface area contributed by atoms with Gasteiger partial charge in [-0.05, 0) is 18.6 Å². The summed E-state index contributed by atoms with van der Waals surface area (Å²) in [6, 6.07) is 3.29. The van der Waals surface area contributed by atoms with Crippen LogP contribution in [0.25, 0.3) is 0 Å². The highest BCUT2D eigenvalue weighted by atomic mass is 35.5. The highest BCUT2D eigenvalue weighted by Crippen LogP contribution is 2.24. The van der Waals surface area contributed by atoms with Crippen molar-refractivity contribution >= 4 is 21.6 Å². The van der Waals surface area contributed by atoms with Gasteiger partial charge >= 0.3 is 0 Å². The van der Waals surface area contributed by atoms with Gasteiger partial charge in [-0.3, -0.25) is 4.90 Å². The highest BCUT2D eigenvalue weighted by Gasteiger charge is 2.35. The lowest BCUT2D eigenvalue weighted by Gasteiger charge is -2.32. The summed E-state index contributed by atoms with van der Waals surface area (Å²) in [5.41, 5.74) is 0. The van der Waals surface area contributed by atoms with Crippen LogP contribution in [0.15, 0.2) is 23.2 Å². The lowest BCUT2D eigenvalue weighted by atomic mass is 10.2. The first kappa shape index (κ1) is 15.2. The monoisotopic (exact) mass is 331 g/mol. The van der Waals surface area contributed by atoms with E-state index >= 15 is 0 Å². The van der Waals surface area contributed by atoms with E-state index in [0.29, 0.717) is 18.2 Å². The number of hydrogen-bond acceptors (Lipinski definition) is 5. The van der Waals surface area contributed by atoms with E-state index in [1.165, 1.54) is 22.6 Å². The number of morpholine rings is 1. The summed E-state index contributed by atoms with van der Waals surface area (Å²) in [4.78, 5) is 6.38. The van der Waals surface area contributed by atoms with Crippen molar-refractivity contribution in [1.29, 1.82) is 0 Å². The zero-order chi connectivity index (χ0) is 14.9. The van der Waals surface area contributed by atoms with Crippen LogP contribution in [-0.4, -0.2) is 68.0 Å². The van der Waals surface area contributed by atoms with Crippen molar-refractivity contribution in [3.63, 3.8) is 0 Å². The number of halogens is 1. The van der Waals surface area contributed by atoms with Crippen molar-refractivity contribution in [1.82, 2.24) is 14.2 Å². The molecular weight excluding hydrogens is 314 g/mol. The zero-order valence-electron chi connectivity index (χ0n) is 11.6. The normalized spacial score (nSPS) is 25.3. The zero-order valence-corrected chi connectivity index (χ0v) is 13.2. The van der Waals surface area contributed by atoms with Gasteiger partial charge in [0.2, 0.25) is 10.0 Å². The molecule has 1 aromatic heterocycles. The van der Waals surface area contributed by atoms with E-state index in [4.69, 9.17) is 16.3 Å². The minimum Gasteiger partial charge on any atom is -0.379 e. The minimum atomic E-state index is -3.47. The molecule has 2 fully saturated rings. The first-order chi connectivity index (χ1) is 10.1. The van der Waals surface area contributed by atoms with Crippen molar-refractivity contribution in [2.45, 2.75) is 17.4 Å². The van der Waals surface area contributed by atoms with Crippen LogP contribution < -0.4 is 0 Å². The van der Waals surface area contributed by atoms with Gasteiger partial charge in [-0.15, -0.1) is 0 Å². The van der Waals surface area contributed by atoms with Crippen LogP contribution >= 0.6 is 11.6 Å². The summed E-state index contributed by atoms with van der Waals surface area (Å²) in [6.07, 6.45) is 2.18. The highest BCUT2D eigenvalue weighted by molar-refractivity contribution is 7.89. The first-order valence-corrected chi connectivity index (χ1v) is 8.83. The Morgan fingerprint density at radius 2 is 2.00 bits per heavy atom. The van der Waals surface area contributed by atoms with Gasteiger partial charge in [0, 0.05) is 38.4 Å². The van der Waals surface area contributed by atoms with Crippen LogP contribution in [0.5, 0.6) is 0 Å². The smallest absolute Gasteiger partial charge is 0.244 e. The molecule has 0 saturated carbocycles. The summed E-state index contributed by atoms with van der Waals surface area (Å²) in [5, 5.41) is 0.293. The fraction of sp³-hybridized carbons (Fsp3) is 0.615. The first-order valence-electron chi connectivity index (χ1n) is 7.01. The molecule has 1 aromatic rings. The molecule has 8 heteroatoms. The molecule has 0 N–H and O–H groups in total. The number of ether oxygens (including phenoxy) is 1. The second kappa shape index (κ2) is 6.18. The Labute approximate surface area is 129 Å². The van der Waals surface area contributed by atoms with Gasteiger partial charge < -0.3 is 4.74 Å². The summed E-state index contributed by atoms with van der Waals surface area (Å²) >= 11 is 5.71.